The summed E-state index contributed by atoms with van der Waals surface area (Å²) in [6, 6.07) is 6.33. The number of primary amides is 1. The fourth-order valence-corrected chi connectivity index (χ4v) is 5.47. The van der Waals surface area contributed by atoms with E-state index >= 15 is 0 Å². The first kappa shape index (κ1) is 21.9. The molecule has 4 heterocycles. The second-order valence-corrected chi connectivity index (χ2v) is 9.83. The van der Waals surface area contributed by atoms with Crippen LogP contribution in [0.4, 0.5) is 11.4 Å². The van der Waals surface area contributed by atoms with Gasteiger partial charge in [0.05, 0.1) is 29.9 Å². The lowest BCUT2D eigenvalue weighted by Crippen LogP contribution is -2.42. The number of anilines is 2. The molecule has 1 aromatic carbocycles. The predicted octanol–water partition coefficient (Wildman–Crippen LogP) is 2.49. The third kappa shape index (κ3) is 4.46. The van der Waals surface area contributed by atoms with Gasteiger partial charge in [-0.25, -0.2) is 4.98 Å². The van der Waals surface area contributed by atoms with Crippen molar-refractivity contribution in [3.05, 3.63) is 36.3 Å². The van der Waals surface area contributed by atoms with Crippen LogP contribution in [0.2, 0.25) is 0 Å². The van der Waals surface area contributed by atoms with Gasteiger partial charge in [0.2, 0.25) is 0 Å². The van der Waals surface area contributed by atoms with Crippen molar-refractivity contribution < 1.29 is 14.6 Å². The Morgan fingerprint density at radius 1 is 1.21 bits per heavy atom. The monoisotopic (exact) mass is 468 g/mol. The van der Waals surface area contributed by atoms with Gasteiger partial charge in [0.25, 0.3) is 5.91 Å². The van der Waals surface area contributed by atoms with Gasteiger partial charge in [0, 0.05) is 54.9 Å². The summed E-state index contributed by atoms with van der Waals surface area (Å²) < 4.78 is 5.52. The van der Waals surface area contributed by atoms with Gasteiger partial charge in [-0.1, -0.05) is 0 Å². The molecule has 0 atom stereocenters. The summed E-state index contributed by atoms with van der Waals surface area (Å²) >= 11 is 1.44. The number of hydrogen-bond acceptors (Lipinski definition) is 8. The van der Waals surface area contributed by atoms with Crippen molar-refractivity contribution in [2.45, 2.75) is 25.4 Å². The number of aromatic nitrogens is 3. The summed E-state index contributed by atoms with van der Waals surface area (Å²) in [5.41, 5.74) is 9.24. The van der Waals surface area contributed by atoms with Gasteiger partial charge in [0.1, 0.15) is 10.7 Å². The van der Waals surface area contributed by atoms with Crippen molar-refractivity contribution in [1.82, 2.24) is 15.2 Å². The quantitative estimate of drug-likeness (QED) is 0.526. The molecule has 3 aromatic rings. The summed E-state index contributed by atoms with van der Waals surface area (Å²) in [7, 11) is 0. The van der Waals surface area contributed by atoms with Gasteiger partial charge >= 0.3 is 0 Å². The van der Waals surface area contributed by atoms with E-state index in [0.29, 0.717) is 31.1 Å². The Morgan fingerprint density at radius 2 is 1.97 bits per heavy atom. The number of piperidine rings is 1. The Morgan fingerprint density at radius 3 is 2.64 bits per heavy atom. The van der Waals surface area contributed by atoms with Crippen molar-refractivity contribution in [2.75, 3.05) is 49.2 Å². The number of carbonyl (C=O) groups is 1. The van der Waals surface area contributed by atoms with Crippen LogP contribution in [0.25, 0.3) is 21.0 Å². The van der Waals surface area contributed by atoms with Gasteiger partial charge in [-0.3, -0.25) is 9.89 Å². The first-order valence-electron chi connectivity index (χ1n) is 11.2. The molecule has 5 rings (SSSR count). The maximum absolute atomic E-state index is 12.3. The number of amides is 1. The lowest BCUT2D eigenvalue weighted by molar-refractivity contribution is 0.0351. The van der Waals surface area contributed by atoms with E-state index in [1.165, 1.54) is 11.3 Å². The third-order valence-electron chi connectivity index (χ3n) is 6.39. The minimum Gasteiger partial charge on any atom is -0.390 e. The van der Waals surface area contributed by atoms with Crippen LogP contribution < -0.4 is 15.5 Å². The Hall–Kier alpha value is -2.95. The molecule has 0 saturated carbocycles. The number of aliphatic hydroxyl groups is 1. The molecule has 2 aliphatic rings. The maximum Gasteiger partial charge on any atom is 0.268 e. The van der Waals surface area contributed by atoms with Crippen LogP contribution >= 0.6 is 11.3 Å². The lowest BCUT2D eigenvalue weighted by Gasteiger charge is -2.38. The molecule has 0 unspecified atom stereocenters. The van der Waals surface area contributed by atoms with Crippen LogP contribution in [0.15, 0.2) is 30.6 Å². The molecule has 2 aromatic heterocycles. The zero-order valence-electron chi connectivity index (χ0n) is 18.6. The molecular formula is C23H28N6O3S. The van der Waals surface area contributed by atoms with Gasteiger partial charge in [0.15, 0.2) is 0 Å². The van der Waals surface area contributed by atoms with Crippen LogP contribution in [0.1, 0.15) is 30.3 Å². The molecule has 2 fully saturated rings. The number of morpholine rings is 1. The van der Waals surface area contributed by atoms with E-state index in [0.717, 1.165) is 53.6 Å². The molecule has 0 aliphatic carbocycles. The molecule has 9 nitrogen and oxygen atoms in total. The summed E-state index contributed by atoms with van der Waals surface area (Å²) in [6.45, 7) is 6.44. The molecule has 4 N–H and O–H groups in total. The second-order valence-electron chi connectivity index (χ2n) is 8.83. The Labute approximate surface area is 196 Å². The average molecular weight is 469 g/mol. The number of nitrogens with zero attached hydrogens (tertiary/aromatic N) is 4. The standard InChI is InChI=1S/C23H28N6O3S/c1-23(31)4-6-29(7-5-23)18-12-16(28-8-10-32-11-9-28)2-3-17(18)20-19(21(24)30)27-22(33-20)15-13-25-26-14-15/h2-3,12-14,31H,4-11H2,1H3,(H2,24,30)(H,25,26). The topological polar surface area (TPSA) is 121 Å². The number of aromatic amines is 1. The van der Waals surface area contributed by atoms with Gasteiger partial charge < -0.3 is 25.4 Å². The van der Waals surface area contributed by atoms with Gasteiger partial charge in [-0.2, -0.15) is 5.10 Å². The Bertz CT molecular complexity index is 1130. The highest BCUT2D eigenvalue weighted by Crippen LogP contribution is 2.42. The number of H-pyrrole nitrogens is 1. The van der Waals surface area contributed by atoms with Crippen molar-refractivity contribution in [1.29, 1.82) is 0 Å². The molecule has 33 heavy (non-hydrogen) atoms. The highest BCUT2D eigenvalue weighted by molar-refractivity contribution is 7.18. The SMILES string of the molecule is CC1(O)CCN(c2cc(N3CCOCC3)ccc2-c2sc(-c3cn[nH]c3)nc2C(N)=O)CC1. The number of nitrogens with one attached hydrogen (secondary N) is 1. The molecular weight excluding hydrogens is 440 g/mol. The van der Waals surface area contributed by atoms with Crippen molar-refractivity contribution in [3.8, 4) is 21.0 Å². The minimum atomic E-state index is -0.657. The second kappa shape index (κ2) is 8.77. The molecule has 0 spiro atoms. The number of rotatable bonds is 5. The number of nitrogens with two attached hydrogens (primary N) is 1. The molecule has 1 amide bonds. The van der Waals surface area contributed by atoms with E-state index < -0.39 is 11.5 Å². The van der Waals surface area contributed by atoms with Crippen molar-refractivity contribution in [2.24, 2.45) is 5.73 Å². The van der Waals surface area contributed by atoms with Gasteiger partial charge in [-0.05, 0) is 38.0 Å². The van der Waals surface area contributed by atoms with E-state index in [9.17, 15) is 9.90 Å². The predicted molar refractivity (Wildman–Crippen MR) is 129 cm³/mol. The lowest BCUT2D eigenvalue weighted by atomic mass is 9.93. The summed E-state index contributed by atoms with van der Waals surface area (Å²) in [5, 5.41) is 18.0. The Balaban J connectivity index is 1.60. The average Bonchev–Trinajstić information content (AvgIpc) is 3.50. The molecule has 174 valence electrons. The van der Waals surface area contributed by atoms with Crippen LogP contribution in [0.5, 0.6) is 0 Å². The summed E-state index contributed by atoms with van der Waals surface area (Å²) in [5.74, 6) is -0.555. The van der Waals surface area contributed by atoms with Crippen molar-refractivity contribution in [3.63, 3.8) is 0 Å². The van der Waals surface area contributed by atoms with E-state index in [2.05, 4.69) is 43.2 Å². The number of benzene rings is 1. The fourth-order valence-electron chi connectivity index (χ4n) is 4.38. The smallest absolute Gasteiger partial charge is 0.268 e. The molecule has 10 heteroatoms. The Kier molecular flexibility index (Phi) is 5.81. The van der Waals surface area contributed by atoms with Crippen molar-refractivity contribution >= 4 is 28.6 Å². The zero-order valence-corrected chi connectivity index (χ0v) is 19.4. The summed E-state index contributed by atoms with van der Waals surface area (Å²) in [6.07, 6.45) is 4.80. The molecule has 0 radical (unpaired) electrons. The maximum atomic E-state index is 12.3. The highest BCUT2D eigenvalue weighted by atomic mass is 32.1. The van der Waals surface area contributed by atoms with Crippen LogP contribution in [-0.2, 0) is 4.74 Å². The normalized spacial score (nSPS) is 18.5. The van der Waals surface area contributed by atoms with Crippen LogP contribution in [0.3, 0.4) is 0 Å². The number of carbonyl (C=O) groups excluding carboxylic acids is 1. The molecule has 2 saturated heterocycles. The first-order valence-corrected chi connectivity index (χ1v) is 12.0. The van der Waals surface area contributed by atoms with E-state index in [4.69, 9.17) is 10.5 Å². The summed E-state index contributed by atoms with van der Waals surface area (Å²) in [4.78, 5) is 22.2. The number of ether oxygens (including phenoxy) is 1. The van der Waals surface area contributed by atoms with Crippen LogP contribution in [-0.4, -0.2) is 71.2 Å². The van der Waals surface area contributed by atoms with Gasteiger partial charge in [-0.15, -0.1) is 11.3 Å². The van der Waals surface area contributed by atoms with E-state index in [-0.39, 0.29) is 5.69 Å². The van der Waals surface area contributed by atoms with E-state index in [1.54, 1.807) is 12.4 Å². The number of hydrogen-bond donors (Lipinski definition) is 3. The fraction of sp³-hybridized carbons (Fsp3) is 0.435. The minimum absolute atomic E-state index is 0.264. The zero-order chi connectivity index (χ0) is 23.0. The number of thiazole rings is 1. The molecule has 2 aliphatic heterocycles. The van der Waals surface area contributed by atoms with E-state index in [1.807, 2.05) is 6.92 Å². The first-order chi connectivity index (χ1) is 15.9. The molecule has 0 bridgehead atoms. The largest absolute Gasteiger partial charge is 0.390 e. The third-order valence-corrected chi connectivity index (χ3v) is 7.53. The highest BCUT2D eigenvalue weighted by Gasteiger charge is 2.30. The van der Waals surface area contributed by atoms with Crippen LogP contribution in [0, 0.1) is 0 Å².